The highest BCUT2D eigenvalue weighted by molar-refractivity contribution is 5.83. The Labute approximate surface area is 154 Å². The van der Waals surface area contributed by atoms with Gasteiger partial charge < -0.3 is 10.1 Å². The van der Waals surface area contributed by atoms with Crippen molar-refractivity contribution in [1.82, 2.24) is 5.32 Å². The molecule has 2 aromatic rings. The van der Waals surface area contributed by atoms with E-state index < -0.39 is 0 Å². The maximum absolute atomic E-state index is 12.3. The smallest absolute Gasteiger partial charge is 0.313 e. The van der Waals surface area contributed by atoms with Crippen LogP contribution in [0.2, 0.25) is 0 Å². The fourth-order valence-electron chi connectivity index (χ4n) is 3.29. The van der Waals surface area contributed by atoms with Gasteiger partial charge in [0, 0.05) is 12.0 Å². The number of esters is 1. The fraction of sp³-hybridized carbons (Fsp3) is 0.364. The lowest BCUT2D eigenvalue weighted by molar-refractivity contribution is -0.150. The van der Waals surface area contributed by atoms with Crippen molar-refractivity contribution in [2.45, 2.75) is 37.5 Å². The first-order valence-electron chi connectivity index (χ1n) is 9.18. The molecular formula is C22H25NO3. The van der Waals surface area contributed by atoms with Crippen molar-refractivity contribution in [3.63, 3.8) is 0 Å². The van der Waals surface area contributed by atoms with Gasteiger partial charge in [-0.25, -0.2) is 0 Å². The van der Waals surface area contributed by atoms with Crippen LogP contribution in [0.5, 0.6) is 0 Å². The summed E-state index contributed by atoms with van der Waals surface area (Å²) in [6.07, 6.45) is 2.79. The van der Waals surface area contributed by atoms with Crippen LogP contribution in [0.4, 0.5) is 0 Å². The predicted molar refractivity (Wildman–Crippen MR) is 101 cm³/mol. The van der Waals surface area contributed by atoms with E-state index in [0.717, 1.165) is 18.4 Å². The van der Waals surface area contributed by atoms with Crippen LogP contribution in [0, 0.1) is 0 Å². The van der Waals surface area contributed by atoms with E-state index in [4.69, 9.17) is 4.74 Å². The molecule has 1 atom stereocenters. The Morgan fingerprint density at radius 3 is 2.23 bits per heavy atom. The number of ether oxygens (including phenoxy) is 1. The van der Waals surface area contributed by atoms with Gasteiger partial charge in [-0.3, -0.25) is 9.59 Å². The van der Waals surface area contributed by atoms with Crippen molar-refractivity contribution in [3.8, 4) is 0 Å². The number of carbonyl (C=O) groups is 2. The lowest BCUT2D eigenvalue weighted by Gasteiger charge is -2.17. The Hall–Kier alpha value is -2.62. The van der Waals surface area contributed by atoms with E-state index in [1.54, 1.807) is 0 Å². The van der Waals surface area contributed by atoms with Gasteiger partial charge in [0.05, 0.1) is 5.92 Å². The predicted octanol–water partition coefficient (Wildman–Crippen LogP) is 3.57. The molecule has 1 saturated carbocycles. The summed E-state index contributed by atoms with van der Waals surface area (Å²) in [5, 5.41) is 2.92. The minimum Gasteiger partial charge on any atom is -0.455 e. The number of benzene rings is 2. The first-order valence-corrected chi connectivity index (χ1v) is 9.18. The van der Waals surface area contributed by atoms with Crippen LogP contribution in [-0.2, 0) is 19.7 Å². The molecule has 1 fully saturated rings. The van der Waals surface area contributed by atoms with Crippen molar-refractivity contribution < 1.29 is 14.3 Å². The molecule has 1 aliphatic carbocycles. The Balaban J connectivity index is 1.47. The minimum atomic E-state index is -0.349. The highest BCUT2D eigenvalue weighted by Crippen LogP contribution is 2.47. The average molecular weight is 351 g/mol. The molecule has 1 aliphatic rings. The van der Waals surface area contributed by atoms with E-state index in [0.29, 0.717) is 13.0 Å². The first-order chi connectivity index (χ1) is 12.6. The summed E-state index contributed by atoms with van der Waals surface area (Å²) in [5.74, 6) is -0.926. The number of hydrogen-bond acceptors (Lipinski definition) is 3. The average Bonchev–Trinajstić information content (AvgIpc) is 3.48. The molecule has 0 bridgehead atoms. The van der Waals surface area contributed by atoms with Crippen LogP contribution in [-0.4, -0.2) is 25.0 Å². The van der Waals surface area contributed by atoms with E-state index in [2.05, 4.69) is 17.4 Å². The van der Waals surface area contributed by atoms with Crippen molar-refractivity contribution in [1.29, 1.82) is 0 Å². The Morgan fingerprint density at radius 2 is 1.65 bits per heavy atom. The minimum absolute atomic E-state index is 0.0525. The Morgan fingerprint density at radius 1 is 1.04 bits per heavy atom. The van der Waals surface area contributed by atoms with E-state index in [-0.39, 0.29) is 29.8 Å². The maximum atomic E-state index is 12.3. The molecule has 0 radical (unpaired) electrons. The summed E-state index contributed by atoms with van der Waals surface area (Å²) in [6, 6.07) is 19.8. The highest BCUT2D eigenvalue weighted by atomic mass is 16.5. The molecule has 1 unspecified atom stereocenters. The Bertz CT molecular complexity index is 738. The van der Waals surface area contributed by atoms with E-state index in [1.165, 1.54) is 5.56 Å². The molecule has 0 aromatic heterocycles. The highest BCUT2D eigenvalue weighted by Gasteiger charge is 2.44. The summed E-state index contributed by atoms with van der Waals surface area (Å²) >= 11 is 0. The summed E-state index contributed by atoms with van der Waals surface area (Å²) in [6.45, 7) is 2.30. The Kier molecular flexibility index (Phi) is 5.71. The van der Waals surface area contributed by atoms with Gasteiger partial charge in [0.1, 0.15) is 0 Å². The molecule has 4 heteroatoms. The molecule has 2 aromatic carbocycles. The summed E-state index contributed by atoms with van der Waals surface area (Å²) in [5.41, 5.74) is 2.23. The van der Waals surface area contributed by atoms with Crippen molar-refractivity contribution in [3.05, 3.63) is 71.8 Å². The van der Waals surface area contributed by atoms with Gasteiger partial charge in [-0.1, -0.05) is 67.6 Å². The third kappa shape index (κ3) is 4.31. The zero-order valence-corrected chi connectivity index (χ0v) is 15.1. The topological polar surface area (TPSA) is 55.4 Å². The molecular weight excluding hydrogens is 326 g/mol. The normalized spacial score (nSPS) is 15.7. The van der Waals surface area contributed by atoms with Crippen LogP contribution in [0.25, 0.3) is 0 Å². The summed E-state index contributed by atoms with van der Waals surface area (Å²) in [4.78, 5) is 24.4. The molecule has 0 spiro atoms. The van der Waals surface area contributed by atoms with Crippen molar-refractivity contribution in [2.24, 2.45) is 0 Å². The largest absolute Gasteiger partial charge is 0.455 e. The maximum Gasteiger partial charge on any atom is 0.313 e. The third-order valence-corrected chi connectivity index (χ3v) is 5.10. The number of carbonyl (C=O) groups excluding carboxylic acids is 2. The number of hydrogen-bond donors (Lipinski definition) is 1. The van der Waals surface area contributed by atoms with Gasteiger partial charge in [-0.05, 0) is 30.4 Å². The molecule has 1 amide bonds. The lowest BCUT2D eigenvalue weighted by atomic mass is 9.96. The number of rotatable bonds is 8. The molecule has 26 heavy (non-hydrogen) atoms. The van der Waals surface area contributed by atoms with E-state index in [9.17, 15) is 9.59 Å². The molecule has 1 N–H and O–H groups in total. The van der Waals surface area contributed by atoms with E-state index in [1.807, 2.05) is 55.5 Å². The zero-order valence-electron chi connectivity index (χ0n) is 15.1. The second-order valence-electron chi connectivity index (χ2n) is 6.90. The standard InChI is InChI=1S/C22H25NO3/c1-2-19(17-9-5-3-6-10-17)21(25)26-15-20(24)23-16-22(13-14-22)18-11-7-4-8-12-18/h3-12,19H,2,13-16H2,1H3,(H,23,24). The SMILES string of the molecule is CCC(C(=O)OCC(=O)NCC1(c2ccccc2)CC1)c1ccccc1. The van der Waals surface area contributed by atoms with Gasteiger partial charge in [0.2, 0.25) is 0 Å². The molecule has 0 heterocycles. The third-order valence-electron chi connectivity index (χ3n) is 5.10. The lowest BCUT2D eigenvalue weighted by Crippen LogP contribution is -2.35. The van der Waals surface area contributed by atoms with Gasteiger partial charge in [0.25, 0.3) is 5.91 Å². The quantitative estimate of drug-likeness (QED) is 0.740. The van der Waals surface area contributed by atoms with Crippen LogP contribution in [0.3, 0.4) is 0 Å². The van der Waals surface area contributed by atoms with Crippen LogP contribution in [0.15, 0.2) is 60.7 Å². The van der Waals surface area contributed by atoms with Gasteiger partial charge in [0.15, 0.2) is 6.61 Å². The monoisotopic (exact) mass is 351 g/mol. The summed E-state index contributed by atoms with van der Waals surface area (Å²) < 4.78 is 5.25. The second kappa shape index (κ2) is 8.17. The van der Waals surface area contributed by atoms with Crippen LogP contribution in [0.1, 0.15) is 43.2 Å². The molecule has 0 saturated heterocycles. The van der Waals surface area contributed by atoms with Crippen LogP contribution >= 0.6 is 0 Å². The zero-order chi connectivity index (χ0) is 18.4. The second-order valence-corrected chi connectivity index (χ2v) is 6.90. The van der Waals surface area contributed by atoms with E-state index >= 15 is 0 Å². The number of nitrogens with one attached hydrogen (secondary N) is 1. The molecule has 136 valence electrons. The van der Waals surface area contributed by atoms with Crippen molar-refractivity contribution in [2.75, 3.05) is 13.2 Å². The molecule has 4 nitrogen and oxygen atoms in total. The van der Waals surface area contributed by atoms with Gasteiger partial charge in [-0.2, -0.15) is 0 Å². The fourth-order valence-corrected chi connectivity index (χ4v) is 3.29. The molecule has 3 rings (SSSR count). The van der Waals surface area contributed by atoms with Crippen LogP contribution < -0.4 is 5.32 Å². The number of amides is 1. The van der Waals surface area contributed by atoms with Gasteiger partial charge >= 0.3 is 5.97 Å². The molecule has 0 aliphatic heterocycles. The first kappa shape index (κ1) is 18.2. The van der Waals surface area contributed by atoms with Crippen molar-refractivity contribution >= 4 is 11.9 Å². The van der Waals surface area contributed by atoms with Gasteiger partial charge in [-0.15, -0.1) is 0 Å². The summed E-state index contributed by atoms with van der Waals surface area (Å²) in [7, 11) is 0.